The molecule has 0 aromatic heterocycles. The molecular weight excluding hydrogens is 190 g/mol. The van der Waals surface area contributed by atoms with Crippen LogP contribution in [0.1, 0.15) is 12.0 Å². The number of benzene rings is 1. The fourth-order valence-corrected chi connectivity index (χ4v) is 1.85. The average molecular weight is 203 g/mol. The predicted molar refractivity (Wildman–Crippen MR) is 57.0 cm³/mol. The van der Waals surface area contributed by atoms with Crippen LogP contribution in [0.2, 0.25) is 0 Å². The first-order valence-corrected chi connectivity index (χ1v) is 4.94. The van der Waals surface area contributed by atoms with Gasteiger partial charge in [-0.25, -0.2) is 5.90 Å². The van der Waals surface area contributed by atoms with Gasteiger partial charge in [0.1, 0.15) is 0 Å². The van der Waals surface area contributed by atoms with Crippen molar-refractivity contribution in [2.45, 2.75) is 12.5 Å². The Labute approximate surface area is 88.8 Å². The molecule has 0 aliphatic carbocycles. The summed E-state index contributed by atoms with van der Waals surface area (Å²) in [6, 6.07) is 9.72. The Hall–Kier alpha value is -1.57. The van der Waals surface area contributed by atoms with Crippen LogP contribution in [0.5, 0.6) is 0 Å². The summed E-state index contributed by atoms with van der Waals surface area (Å²) in [7, 11) is 0. The first-order chi connectivity index (χ1) is 7.33. The van der Waals surface area contributed by atoms with Crippen molar-refractivity contribution < 1.29 is 4.84 Å². The van der Waals surface area contributed by atoms with Crippen molar-refractivity contribution >= 4 is 5.69 Å². The molecule has 4 heteroatoms. The molecule has 1 aromatic rings. The Morgan fingerprint density at radius 2 is 2.40 bits per heavy atom. The summed E-state index contributed by atoms with van der Waals surface area (Å²) >= 11 is 0. The lowest BCUT2D eigenvalue weighted by atomic mass is 10.2. The van der Waals surface area contributed by atoms with Crippen LogP contribution in [0, 0.1) is 11.3 Å². The van der Waals surface area contributed by atoms with Crippen molar-refractivity contribution in [3.8, 4) is 6.07 Å². The molecule has 1 fully saturated rings. The molecule has 1 atom stereocenters. The molecule has 2 N–H and O–H groups in total. The summed E-state index contributed by atoms with van der Waals surface area (Å²) in [5.74, 6) is 5.15. The maximum Gasteiger partial charge on any atom is 0.0992 e. The molecule has 1 aliphatic heterocycles. The lowest BCUT2D eigenvalue weighted by molar-refractivity contribution is 0.0690. The fourth-order valence-electron chi connectivity index (χ4n) is 1.85. The van der Waals surface area contributed by atoms with Gasteiger partial charge in [0.25, 0.3) is 0 Å². The van der Waals surface area contributed by atoms with Gasteiger partial charge in [0.15, 0.2) is 0 Å². The van der Waals surface area contributed by atoms with E-state index in [2.05, 4.69) is 11.0 Å². The van der Waals surface area contributed by atoms with Crippen LogP contribution in [-0.2, 0) is 4.84 Å². The Kier molecular flexibility index (Phi) is 2.86. The van der Waals surface area contributed by atoms with E-state index in [0.717, 1.165) is 25.2 Å². The molecule has 1 heterocycles. The van der Waals surface area contributed by atoms with Crippen LogP contribution >= 0.6 is 0 Å². The van der Waals surface area contributed by atoms with E-state index in [1.54, 1.807) is 6.07 Å². The number of anilines is 1. The van der Waals surface area contributed by atoms with Crippen molar-refractivity contribution in [2.75, 3.05) is 18.0 Å². The minimum absolute atomic E-state index is 0.107. The minimum Gasteiger partial charge on any atom is -0.369 e. The van der Waals surface area contributed by atoms with Gasteiger partial charge >= 0.3 is 0 Å². The van der Waals surface area contributed by atoms with Gasteiger partial charge in [-0.05, 0) is 24.6 Å². The summed E-state index contributed by atoms with van der Waals surface area (Å²) in [6.07, 6.45) is 1.04. The van der Waals surface area contributed by atoms with E-state index in [1.165, 1.54) is 0 Å². The zero-order valence-corrected chi connectivity index (χ0v) is 8.39. The summed E-state index contributed by atoms with van der Waals surface area (Å²) in [4.78, 5) is 6.99. The van der Waals surface area contributed by atoms with E-state index in [-0.39, 0.29) is 6.10 Å². The minimum atomic E-state index is 0.107. The molecule has 1 aliphatic rings. The van der Waals surface area contributed by atoms with Gasteiger partial charge in [-0.2, -0.15) is 5.26 Å². The number of hydrogen-bond acceptors (Lipinski definition) is 4. The Balaban J connectivity index is 2.14. The zero-order chi connectivity index (χ0) is 10.7. The third-order valence-electron chi connectivity index (χ3n) is 2.68. The highest BCUT2D eigenvalue weighted by atomic mass is 16.6. The monoisotopic (exact) mass is 203 g/mol. The second-order valence-corrected chi connectivity index (χ2v) is 3.65. The summed E-state index contributed by atoms with van der Waals surface area (Å²) in [5, 5.41) is 8.79. The molecule has 1 aromatic carbocycles. The van der Waals surface area contributed by atoms with E-state index in [1.807, 2.05) is 18.2 Å². The van der Waals surface area contributed by atoms with Crippen LogP contribution < -0.4 is 10.8 Å². The predicted octanol–water partition coefficient (Wildman–Crippen LogP) is 1.03. The fraction of sp³-hybridized carbons (Fsp3) is 0.364. The van der Waals surface area contributed by atoms with Gasteiger partial charge in [0.05, 0.1) is 17.7 Å². The van der Waals surface area contributed by atoms with Crippen molar-refractivity contribution in [1.82, 2.24) is 0 Å². The maximum absolute atomic E-state index is 8.79. The van der Waals surface area contributed by atoms with Gasteiger partial charge < -0.3 is 4.90 Å². The number of rotatable bonds is 2. The largest absolute Gasteiger partial charge is 0.369 e. The standard InChI is InChI=1S/C11H13N3O/c12-7-9-2-1-3-10(6-9)14-5-4-11(8-14)15-13/h1-3,6,11H,4-5,8,13H2. The highest BCUT2D eigenvalue weighted by molar-refractivity contribution is 5.52. The summed E-state index contributed by atoms with van der Waals surface area (Å²) in [5.41, 5.74) is 1.75. The second-order valence-electron chi connectivity index (χ2n) is 3.65. The van der Waals surface area contributed by atoms with Crippen molar-refractivity contribution in [1.29, 1.82) is 5.26 Å². The van der Waals surface area contributed by atoms with Gasteiger partial charge in [-0.1, -0.05) is 6.07 Å². The number of nitrogens with two attached hydrogens (primary N) is 1. The third kappa shape index (κ3) is 2.09. The molecular formula is C11H13N3O. The lowest BCUT2D eigenvalue weighted by Gasteiger charge is -2.18. The van der Waals surface area contributed by atoms with E-state index < -0.39 is 0 Å². The Morgan fingerprint density at radius 1 is 1.53 bits per heavy atom. The van der Waals surface area contributed by atoms with Crippen molar-refractivity contribution in [3.05, 3.63) is 29.8 Å². The van der Waals surface area contributed by atoms with E-state index in [9.17, 15) is 0 Å². The molecule has 2 rings (SSSR count). The van der Waals surface area contributed by atoms with E-state index >= 15 is 0 Å². The SMILES string of the molecule is N#Cc1cccc(N2CCC(ON)C2)c1. The maximum atomic E-state index is 8.79. The van der Waals surface area contributed by atoms with Crippen LogP contribution in [0.4, 0.5) is 5.69 Å². The highest BCUT2D eigenvalue weighted by Gasteiger charge is 2.22. The second kappa shape index (κ2) is 4.30. The van der Waals surface area contributed by atoms with E-state index in [4.69, 9.17) is 16.0 Å². The average Bonchev–Trinajstić information content (AvgIpc) is 2.78. The summed E-state index contributed by atoms with van der Waals surface area (Å²) < 4.78 is 0. The summed E-state index contributed by atoms with van der Waals surface area (Å²) in [6.45, 7) is 1.72. The molecule has 1 unspecified atom stereocenters. The Bertz CT molecular complexity index is 386. The van der Waals surface area contributed by atoms with Crippen LogP contribution in [0.3, 0.4) is 0 Å². The van der Waals surface area contributed by atoms with Gasteiger partial charge in [-0.3, -0.25) is 4.84 Å². The zero-order valence-electron chi connectivity index (χ0n) is 8.39. The number of hydrogen-bond donors (Lipinski definition) is 1. The normalized spacial score (nSPS) is 20.3. The lowest BCUT2D eigenvalue weighted by Crippen LogP contribution is -2.24. The van der Waals surface area contributed by atoms with Gasteiger partial charge in [0.2, 0.25) is 0 Å². The number of nitrogens with zero attached hydrogens (tertiary/aromatic N) is 2. The van der Waals surface area contributed by atoms with Crippen molar-refractivity contribution in [3.63, 3.8) is 0 Å². The van der Waals surface area contributed by atoms with Gasteiger partial charge in [0, 0.05) is 18.8 Å². The third-order valence-corrected chi connectivity index (χ3v) is 2.68. The smallest absolute Gasteiger partial charge is 0.0992 e. The van der Waals surface area contributed by atoms with Crippen LogP contribution in [0.25, 0.3) is 0 Å². The number of nitriles is 1. The first kappa shape index (κ1) is 9.97. The van der Waals surface area contributed by atoms with Gasteiger partial charge in [-0.15, -0.1) is 0 Å². The highest BCUT2D eigenvalue weighted by Crippen LogP contribution is 2.21. The molecule has 0 spiro atoms. The molecule has 0 amide bonds. The topological polar surface area (TPSA) is 62.3 Å². The van der Waals surface area contributed by atoms with Crippen LogP contribution in [0.15, 0.2) is 24.3 Å². The molecule has 4 nitrogen and oxygen atoms in total. The molecule has 0 bridgehead atoms. The Morgan fingerprint density at radius 3 is 3.07 bits per heavy atom. The molecule has 15 heavy (non-hydrogen) atoms. The molecule has 0 radical (unpaired) electrons. The molecule has 0 saturated carbocycles. The first-order valence-electron chi connectivity index (χ1n) is 4.94. The van der Waals surface area contributed by atoms with Crippen molar-refractivity contribution in [2.24, 2.45) is 5.90 Å². The van der Waals surface area contributed by atoms with E-state index in [0.29, 0.717) is 5.56 Å². The molecule has 1 saturated heterocycles. The van der Waals surface area contributed by atoms with Crippen LogP contribution in [-0.4, -0.2) is 19.2 Å². The molecule has 78 valence electrons. The quantitative estimate of drug-likeness (QED) is 0.729.